The quantitative estimate of drug-likeness (QED) is 0.649. The zero-order chi connectivity index (χ0) is 21.7. The largest absolute Gasteiger partial charge is 0.462 e. The van der Waals surface area contributed by atoms with E-state index in [0.717, 1.165) is 4.88 Å². The second-order valence-corrected chi connectivity index (χ2v) is 10.1. The van der Waals surface area contributed by atoms with Crippen LogP contribution in [0.5, 0.6) is 0 Å². The van der Waals surface area contributed by atoms with E-state index in [1.54, 1.807) is 43.3 Å². The molecule has 0 aliphatic carbocycles. The summed E-state index contributed by atoms with van der Waals surface area (Å²) < 4.78 is 31.9. The highest BCUT2D eigenvalue weighted by molar-refractivity contribution is 7.89. The molecule has 1 aromatic carbocycles. The molecule has 1 aromatic heterocycles. The second kappa shape index (κ2) is 9.69. The molecule has 1 N–H and O–H groups in total. The summed E-state index contributed by atoms with van der Waals surface area (Å²) in [7, 11) is -3.52. The number of hydrogen-bond acceptors (Lipinski definition) is 7. The van der Waals surface area contributed by atoms with E-state index in [1.165, 1.54) is 15.6 Å². The number of benzene rings is 1. The number of nitrogens with zero attached hydrogens (tertiary/aromatic N) is 2. The van der Waals surface area contributed by atoms with Gasteiger partial charge in [-0.25, -0.2) is 13.2 Å². The van der Waals surface area contributed by atoms with Crippen LogP contribution in [0.3, 0.4) is 0 Å². The van der Waals surface area contributed by atoms with Gasteiger partial charge < -0.3 is 10.1 Å². The maximum absolute atomic E-state index is 12.7. The van der Waals surface area contributed by atoms with Crippen LogP contribution in [0.2, 0.25) is 0 Å². The van der Waals surface area contributed by atoms with Gasteiger partial charge in [-0.3, -0.25) is 9.69 Å². The van der Waals surface area contributed by atoms with Gasteiger partial charge in [-0.05, 0) is 32.0 Å². The molecule has 3 rings (SSSR count). The topological polar surface area (TPSA) is 96.0 Å². The van der Waals surface area contributed by atoms with Gasteiger partial charge in [-0.1, -0.05) is 18.2 Å². The van der Waals surface area contributed by atoms with Crippen LogP contribution in [-0.2, 0) is 19.6 Å². The number of thiophene rings is 1. The molecule has 8 nitrogen and oxygen atoms in total. The van der Waals surface area contributed by atoms with Gasteiger partial charge in [0, 0.05) is 31.1 Å². The molecule has 0 saturated carbocycles. The van der Waals surface area contributed by atoms with E-state index < -0.39 is 16.0 Å². The summed E-state index contributed by atoms with van der Waals surface area (Å²) in [6, 6.07) is 10.0. The molecule has 1 aliphatic rings. The molecule has 1 aliphatic heterocycles. The number of nitrogens with one attached hydrogen (secondary N) is 1. The number of esters is 1. The number of sulfonamides is 1. The lowest BCUT2D eigenvalue weighted by Gasteiger charge is -2.33. The Morgan fingerprint density at radius 3 is 2.43 bits per heavy atom. The molecule has 30 heavy (non-hydrogen) atoms. The summed E-state index contributed by atoms with van der Waals surface area (Å²) in [4.78, 5) is 27.6. The Balaban J connectivity index is 1.56. The zero-order valence-electron chi connectivity index (χ0n) is 17.0. The van der Waals surface area contributed by atoms with Crippen LogP contribution in [-0.4, -0.2) is 68.8 Å². The molecule has 1 amide bonds. The van der Waals surface area contributed by atoms with E-state index in [0.29, 0.717) is 36.7 Å². The van der Waals surface area contributed by atoms with Crippen LogP contribution in [0, 0.1) is 6.92 Å². The number of hydrogen-bond donors (Lipinski definition) is 1. The number of piperazine rings is 1. The summed E-state index contributed by atoms with van der Waals surface area (Å²) >= 11 is 1.32. The van der Waals surface area contributed by atoms with Crippen molar-refractivity contribution in [2.75, 3.05) is 44.6 Å². The van der Waals surface area contributed by atoms with E-state index in [9.17, 15) is 18.0 Å². The standard InChI is InChI=1S/C20H25N3O5S2/c1-3-28-20(25)17-13-15(2)29-19(17)21-18(24)14-22-9-11-23(12-10-22)30(26,27)16-7-5-4-6-8-16/h4-8,13H,3,9-12,14H2,1-2H3,(H,21,24). The maximum atomic E-state index is 12.7. The minimum absolute atomic E-state index is 0.123. The molecule has 0 radical (unpaired) electrons. The number of anilines is 1. The molecule has 2 aromatic rings. The van der Waals surface area contributed by atoms with Crippen LogP contribution >= 0.6 is 11.3 Å². The molecule has 0 atom stereocenters. The van der Waals surface area contributed by atoms with Crippen molar-refractivity contribution in [3.63, 3.8) is 0 Å². The van der Waals surface area contributed by atoms with Crippen molar-refractivity contribution >= 4 is 38.2 Å². The van der Waals surface area contributed by atoms with Gasteiger partial charge in [-0.2, -0.15) is 4.31 Å². The molecule has 10 heteroatoms. The number of amides is 1. The second-order valence-electron chi connectivity index (χ2n) is 6.86. The molecular formula is C20H25N3O5S2. The van der Waals surface area contributed by atoms with Gasteiger partial charge in [0.15, 0.2) is 0 Å². The average molecular weight is 452 g/mol. The third kappa shape index (κ3) is 5.25. The number of aryl methyl sites for hydroxylation is 1. The number of carbonyl (C=O) groups is 2. The Morgan fingerprint density at radius 2 is 1.80 bits per heavy atom. The maximum Gasteiger partial charge on any atom is 0.341 e. The van der Waals surface area contributed by atoms with Gasteiger partial charge in [0.2, 0.25) is 15.9 Å². The molecule has 0 bridgehead atoms. The Bertz CT molecular complexity index is 997. The molecule has 2 heterocycles. The fraction of sp³-hybridized carbons (Fsp3) is 0.400. The van der Waals surface area contributed by atoms with Crippen molar-refractivity contribution in [2.45, 2.75) is 18.7 Å². The van der Waals surface area contributed by atoms with E-state index in [2.05, 4.69) is 5.32 Å². The molecule has 1 saturated heterocycles. The van der Waals surface area contributed by atoms with Gasteiger partial charge in [-0.15, -0.1) is 11.3 Å². The van der Waals surface area contributed by atoms with E-state index in [4.69, 9.17) is 4.74 Å². The fourth-order valence-electron chi connectivity index (χ4n) is 3.21. The lowest BCUT2D eigenvalue weighted by molar-refractivity contribution is -0.117. The third-order valence-electron chi connectivity index (χ3n) is 4.68. The smallest absolute Gasteiger partial charge is 0.341 e. The van der Waals surface area contributed by atoms with Crippen molar-refractivity contribution in [3.8, 4) is 0 Å². The highest BCUT2D eigenvalue weighted by Gasteiger charge is 2.29. The predicted octanol–water partition coefficient (Wildman–Crippen LogP) is 2.18. The Hall–Kier alpha value is -2.27. The molecular weight excluding hydrogens is 426 g/mol. The lowest BCUT2D eigenvalue weighted by Crippen LogP contribution is -2.50. The predicted molar refractivity (Wildman–Crippen MR) is 115 cm³/mol. The minimum Gasteiger partial charge on any atom is -0.462 e. The van der Waals surface area contributed by atoms with Crippen molar-refractivity contribution in [2.24, 2.45) is 0 Å². The summed E-state index contributed by atoms with van der Waals surface area (Å²) in [6.07, 6.45) is 0. The fourth-order valence-corrected chi connectivity index (χ4v) is 5.57. The molecule has 0 spiro atoms. The van der Waals surface area contributed by atoms with E-state index in [1.807, 2.05) is 11.8 Å². The van der Waals surface area contributed by atoms with Gasteiger partial charge in [0.1, 0.15) is 5.00 Å². The van der Waals surface area contributed by atoms with Crippen molar-refractivity contribution in [1.82, 2.24) is 9.21 Å². The van der Waals surface area contributed by atoms with Crippen LogP contribution in [0.1, 0.15) is 22.2 Å². The average Bonchev–Trinajstić information content (AvgIpc) is 3.09. The molecule has 162 valence electrons. The first-order chi connectivity index (χ1) is 14.3. The van der Waals surface area contributed by atoms with Gasteiger partial charge in [0.05, 0.1) is 23.6 Å². The highest BCUT2D eigenvalue weighted by atomic mass is 32.2. The Morgan fingerprint density at radius 1 is 1.13 bits per heavy atom. The normalized spacial score (nSPS) is 15.7. The Kier molecular flexibility index (Phi) is 7.24. The summed E-state index contributed by atoms with van der Waals surface area (Å²) in [5.74, 6) is -0.710. The summed E-state index contributed by atoms with van der Waals surface area (Å²) in [6.45, 7) is 5.51. The van der Waals surface area contributed by atoms with Gasteiger partial charge in [0.25, 0.3) is 0 Å². The first-order valence-electron chi connectivity index (χ1n) is 9.66. The van der Waals surface area contributed by atoms with Crippen LogP contribution in [0.15, 0.2) is 41.3 Å². The monoisotopic (exact) mass is 451 g/mol. The van der Waals surface area contributed by atoms with Crippen molar-refractivity contribution in [3.05, 3.63) is 46.8 Å². The first-order valence-corrected chi connectivity index (χ1v) is 11.9. The van der Waals surface area contributed by atoms with E-state index >= 15 is 0 Å². The van der Waals surface area contributed by atoms with E-state index in [-0.39, 0.29) is 24.0 Å². The minimum atomic E-state index is -3.52. The van der Waals surface area contributed by atoms with Crippen molar-refractivity contribution in [1.29, 1.82) is 0 Å². The molecule has 0 unspecified atom stereocenters. The third-order valence-corrected chi connectivity index (χ3v) is 7.56. The summed E-state index contributed by atoms with van der Waals surface area (Å²) in [5.41, 5.74) is 0.353. The number of ether oxygens (including phenoxy) is 1. The van der Waals surface area contributed by atoms with Crippen LogP contribution in [0.25, 0.3) is 0 Å². The Labute approximate surface area is 180 Å². The summed E-state index contributed by atoms with van der Waals surface area (Å²) in [5, 5.41) is 3.26. The number of carbonyl (C=O) groups excluding carboxylic acids is 2. The lowest BCUT2D eigenvalue weighted by atomic mass is 10.3. The highest BCUT2D eigenvalue weighted by Crippen LogP contribution is 2.28. The van der Waals surface area contributed by atoms with Crippen LogP contribution in [0.4, 0.5) is 5.00 Å². The zero-order valence-corrected chi connectivity index (χ0v) is 18.6. The van der Waals surface area contributed by atoms with Crippen molar-refractivity contribution < 1.29 is 22.7 Å². The SMILES string of the molecule is CCOC(=O)c1cc(C)sc1NC(=O)CN1CCN(S(=O)(=O)c2ccccc2)CC1. The molecule has 1 fully saturated rings. The number of rotatable bonds is 7. The van der Waals surface area contributed by atoms with Gasteiger partial charge >= 0.3 is 5.97 Å². The van der Waals surface area contributed by atoms with Crippen LogP contribution < -0.4 is 5.32 Å². The first kappa shape index (κ1) is 22.4.